The summed E-state index contributed by atoms with van der Waals surface area (Å²) in [7, 11) is 0. The van der Waals surface area contributed by atoms with Gasteiger partial charge in [-0.05, 0) is 31.5 Å². The smallest absolute Gasteiger partial charge is 0.222 e. The molecule has 6 nitrogen and oxygen atoms in total. The van der Waals surface area contributed by atoms with Crippen LogP contribution in [-0.2, 0) is 5.72 Å². The van der Waals surface area contributed by atoms with Crippen LogP contribution < -0.4 is 4.74 Å². The van der Waals surface area contributed by atoms with Gasteiger partial charge < -0.3 is 9.84 Å². The molecule has 2 aromatic heterocycles. The number of hydrogen-bond donors (Lipinski definition) is 1. The lowest BCUT2D eigenvalue weighted by Crippen LogP contribution is -2.30. The Morgan fingerprint density at radius 3 is 2.81 bits per heavy atom. The van der Waals surface area contributed by atoms with E-state index < -0.39 is 11.5 Å². The first-order chi connectivity index (χ1) is 12.2. The molecule has 3 aromatic rings. The van der Waals surface area contributed by atoms with E-state index in [4.69, 9.17) is 27.9 Å². The second kappa shape index (κ2) is 5.77. The van der Waals surface area contributed by atoms with E-state index in [2.05, 4.69) is 15.1 Å². The Kier molecular flexibility index (Phi) is 3.87. The summed E-state index contributed by atoms with van der Waals surface area (Å²) in [4.78, 5) is 7.95. The van der Waals surface area contributed by atoms with Crippen molar-refractivity contribution in [2.45, 2.75) is 32.4 Å². The molecule has 136 valence electrons. The summed E-state index contributed by atoms with van der Waals surface area (Å²) in [5, 5.41) is 15.5. The van der Waals surface area contributed by atoms with Crippen LogP contribution in [-0.4, -0.2) is 31.5 Å². The van der Waals surface area contributed by atoms with Gasteiger partial charge in [0.25, 0.3) is 0 Å². The number of aliphatic hydroxyl groups is 1. The molecule has 0 saturated heterocycles. The summed E-state index contributed by atoms with van der Waals surface area (Å²) < 4.78 is 22.2. The van der Waals surface area contributed by atoms with Crippen LogP contribution in [0.25, 0.3) is 22.2 Å². The van der Waals surface area contributed by atoms with E-state index in [1.54, 1.807) is 13.8 Å². The number of ether oxygens (including phenoxy) is 1. The fourth-order valence-corrected chi connectivity index (χ4v) is 3.56. The molecule has 3 heterocycles. The van der Waals surface area contributed by atoms with Gasteiger partial charge in [-0.2, -0.15) is 5.10 Å². The van der Waals surface area contributed by atoms with Crippen LogP contribution in [0.15, 0.2) is 12.3 Å². The Bertz CT molecular complexity index is 1050. The Balaban J connectivity index is 2.12. The van der Waals surface area contributed by atoms with E-state index in [0.717, 1.165) is 0 Å². The fraction of sp³-hybridized carbons (Fsp3) is 0.353. The summed E-state index contributed by atoms with van der Waals surface area (Å²) in [6, 6.07) is 1.27. The summed E-state index contributed by atoms with van der Waals surface area (Å²) in [6.45, 7) is 5.47. The van der Waals surface area contributed by atoms with Crippen molar-refractivity contribution in [3.63, 3.8) is 0 Å². The molecule has 4 rings (SSSR count). The number of nitrogens with zero attached hydrogens (tertiary/aromatic N) is 4. The highest BCUT2D eigenvalue weighted by atomic mass is 35.5. The molecule has 1 unspecified atom stereocenters. The lowest BCUT2D eigenvalue weighted by Gasteiger charge is -2.27. The molecule has 1 atom stereocenters. The van der Waals surface area contributed by atoms with E-state index in [1.165, 1.54) is 16.9 Å². The lowest BCUT2D eigenvalue weighted by molar-refractivity contribution is -0.0138. The summed E-state index contributed by atoms with van der Waals surface area (Å²) in [5.41, 5.74) is 0.181. The predicted octanol–water partition coefficient (Wildman–Crippen LogP) is 4.12. The lowest BCUT2D eigenvalue weighted by atomic mass is 9.97. The Morgan fingerprint density at radius 2 is 2.12 bits per heavy atom. The number of benzene rings is 1. The van der Waals surface area contributed by atoms with Gasteiger partial charge in [0.1, 0.15) is 11.3 Å². The molecule has 0 radical (unpaired) electrons. The van der Waals surface area contributed by atoms with Crippen LogP contribution >= 0.6 is 23.2 Å². The highest BCUT2D eigenvalue weighted by molar-refractivity contribution is 6.34. The van der Waals surface area contributed by atoms with Crippen LogP contribution in [0.1, 0.15) is 32.4 Å². The van der Waals surface area contributed by atoms with Crippen molar-refractivity contribution in [3.05, 3.63) is 34.1 Å². The summed E-state index contributed by atoms with van der Waals surface area (Å²) in [6.07, 6.45) is 1.35. The predicted molar refractivity (Wildman–Crippen MR) is 96.2 cm³/mol. The van der Waals surface area contributed by atoms with Gasteiger partial charge in [0.05, 0.1) is 34.6 Å². The number of halogens is 3. The van der Waals surface area contributed by atoms with E-state index >= 15 is 0 Å². The van der Waals surface area contributed by atoms with Crippen molar-refractivity contribution < 1.29 is 14.2 Å². The van der Waals surface area contributed by atoms with Crippen molar-refractivity contribution in [3.8, 4) is 17.0 Å². The minimum atomic E-state index is -1.29. The van der Waals surface area contributed by atoms with Crippen LogP contribution in [0.3, 0.4) is 0 Å². The highest BCUT2D eigenvalue weighted by Gasteiger charge is 2.34. The van der Waals surface area contributed by atoms with Crippen molar-refractivity contribution >= 4 is 34.1 Å². The van der Waals surface area contributed by atoms with Gasteiger partial charge in [0.2, 0.25) is 5.28 Å². The summed E-state index contributed by atoms with van der Waals surface area (Å²) >= 11 is 12.1. The van der Waals surface area contributed by atoms with E-state index in [0.29, 0.717) is 29.0 Å². The molecule has 1 aromatic carbocycles. The molecule has 0 aliphatic carbocycles. The van der Waals surface area contributed by atoms with E-state index in [1.807, 2.05) is 6.92 Å². The molecular weight excluding hydrogens is 382 g/mol. The maximum Gasteiger partial charge on any atom is 0.222 e. The van der Waals surface area contributed by atoms with Crippen LogP contribution in [0.2, 0.25) is 10.3 Å². The first kappa shape index (κ1) is 17.5. The zero-order valence-electron chi connectivity index (χ0n) is 14.2. The molecule has 0 spiro atoms. The van der Waals surface area contributed by atoms with Crippen LogP contribution in [0.5, 0.6) is 5.75 Å². The minimum Gasteiger partial charge on any atom is -0.491 e. The van der Waals surface area contributed by atoms with Gasteiger partial charge in [-0.25, -0.2) is 19.0 Å². The molecule has 1 N–H and O–H groups in total. The maximum absolute atomic E-state index is 14.9. The Labute approximate surface area is 158 Å². The minimum absolute atomic E-state index is 0.00584. The van der Waals surface area contributed by atoms with Gasteiger partial charge >= 0.3 is 0 Å². The topological polar surface area (TPSA) is 73.1 Å². The Hall–Kier alpha value is -1.96. The third kappa shape index (κ3) is 2.53. The van der Waals surface area contributed by atoms with Gasteiger partial charge in [-0.3, -0.25) is 0 Å². The molecule has 1 aliphatic rings. The largest absolute Gasteiger partial charge is 0.491 e. The van der Waals surface area contributed by atoms with Crippen LogP contribution in [0, 0.1) is 5.82 Å². The molecule has 9 heteroatoms. The molecular formula is C17H15Cl2FN4O2. The van der Waals surface area contributed by atoms with E-state index in [-0.39, 0.29) is 27.4 Å². The average Bonchev–Trinajstić information content (AvgIpc) is 2.98. The highest BCUT2D eigenvalue weighted by Crippen LogP contribution is 2.46. The number of hydrogen-bond acceptors (Lipinski definition) is 5. The fourth-order valence-electron chi connectivity index (χ4n) is 3.24. The zero-order valence-corrected chi connectivity index (χ0v) is 15.7. The van der Waals surface area contributed by atoms with Crippen LogP contribution in [0.4, 0.5) is 4.39 Å². The quantitative estimate of drug-likeness (QED) is 0.659. The molecule has 1 aliphatic heterocycles. The van der Waals surface area contributed by atoms with E-state index in [9.17, 15) is 9.50 Å². The monoisotopic (exact) mass is 396 g/mol. The third-order valence-electron chi connectivity index (χ3n) is 4.32. The molecule has 0 bridgehead atoms. The van der Waals surface area contributed by atoms with Gasteiger partial charge in [0.15, 0.2) is 11.5 Å². The first-order valence-corrected chi connectivity index (χ1v) is 8.73. The first-order valence-electron chi connectivity index (χ1n) is 7.97. The Morgan fingerprint density at radius 1 is 1.38 bits per heavy atom. The summed E-state index contributed by atoms with van der Waals surface area (Å²) in [5.74, 6) is -0.230. The SMILES string of the molecule is CC1COc2c(-c3nc(Cl)ncc3Cl)cc(F)c3nn(C(C)(C)O)c1c23. The average molecular weight is 397 g/mol. The van der Waals surface area contributed by atoms with Crippen molar-refractivity contribution in [1.29, 1.82) is 0 Å². The third-order valence-corrected chi connectivity index (χ3v) is 4.78. The molecule has 0 fully saturated rings. The second-order valence-corrected chi connectivity index (χ2v) is 7.54. The van der Waals surface area contributed by atoms with Gasteiger partial charge in [0, 0.05) is 11.5 Å². The van der Waals surface area contributed by atoms with Crippen molar-refractivity contribution in [2.24, 2.45) is 0 Å². The maximum atomic E-state index is 14.9. The molecule has 0 saturated carbocycles. The molecule has 0 amide bonds. The van der Waals surface area contributed by atoms with Crippen molar-refractivity contribution in [2.75, 3.05) is 6.61 Å². The number of rotatable bonds is 2. The van der Waals surface area contributed by atoms with Crippen molar-refractivity contribution in [1.82, 2.24) is 19.7 Å². The molecule has 26 heavy (non-hydrogen) atoms. The zero-order chi connectivity index (χ0) is 18.8. The number of aromatic nitrogens is 4. The second-order valence-electron chi connectivity index (χ2n) is 6.80. The van der Waals surface area contributed by atoms with Gasteiger partial charge in [-0.15, -0.1) is 0 Å². The standard InChI is InChI=1S/C17H15Cl2FN4O2/c1-7-6-26-15-8(12-9(18)5-21-16(19)22-12)4-10(20)13-11(15)14(7)24(23-13)17(2,3)25/h4-5,7,25H,6H2,1-3H3. The normalized spacial score (nSPS) is 16.8. The van der Waals surface area contributed by atoms with Gasteiger partial charge in [-0.1, -0.05) is 18.5 Å².